The number of aryl methyl sites for hydroxylation is 1. The van der Waals surface area contributed by atoms with E-state index < -0.39 is 0 Å². The summed E-state index contributed by atoms with van der Waals surface area (Å²) in [5, 5.41) is 3.84. The third kappa shape index (κ3) is 5.62. The van der Waals surface area contributed by atoms with Crippen molar-refractivity contribution in [3.63, 3.8) is 0 Å². The fourth-order valence-electron chi connectivity index (χ4n) is 2.74. The number of aromatic nitrogens is 1. The molecule has 0 fully saturated rings. The molecular weight excluding hydrogens is 360 g/mol. The number of nitrogens with one attached hydrogen (secondary N) is 1. The van der Waals surface area contributed by atoms with Crippen LogP contribution in [0.5, 0.6) is 0 Å². The van der Waals surface area contributed by atoms with E-state index in [1.165, 1.54) is 0 Å². The molecule has 27 heavy (non-hydrogen) atoms. The number of amides is 1. The molecule has 0 radical (unpaired) electrons. The molecule has 3 rings (SSSR count). The monoisotopic (exact) mass is 382 g/mol. The summed E-state index contributed by atoms with van der Waals surface area (Å²) in [5.74, 6) is -0.662. The number of benzene rings is 2. The zero-order chi connectivity index (χ0) is 19.1. The predicted octanol–water partition coefficient (Wildman–Crippen LogP) is 4.04. The van der Waals surface area contributed by atoms with Gasteiger partial charge in [0.15, 0.2) is 6.61 Å². The minimum atomic E-state index is -0.362. The van der Waals surface area contributed by atoms with E-state index >= 15 is 0 Å². The van der Waals surface area contributed by atoms with Gasteiger partial charge < -0.3 is 10.1 Å². The van der Waals surface area contributed by atoms with Gasteiger partial charge in [-0.1, -0.05) is 42.5 Å². The second-order valence-electron chi connectivity index (χ2n) is 6.29. The van der Waals surface area contributed by atoms with Crippen LogP contribution in [0.25, 0.3) is 10.2 Å². The van der Waals surface area contributed by atoms with Gasteiger partial charge in [0, 0.05) is 6.42 Å². The number of thiazole rings is 1. The van der Waals surface area contributed by atoms with E-state index in [0.29, 0.717) is 6.42 Å². The Morgan fingerprint density at radius 3 is 2.63 bits per heavy atom. The lowest BCUT2D eigenvalue weighted by Gasteiger charge is -2.14. The molecule has 0 bridgehead atoms. The van der Waals surface area contributed by atoms with E-state index in [2.05, 4.69) is 10.3 Å². The van der Waals surface area contributed by atoms with Crippen molar-refractivity contribution >= 4 is 33.4 Å². The highest BCUT2D eigenvalue weighted by Crippen LogP contribution is 2.22. The Kier molecular flexibility index (Phi) is 6.54. The molecule has 0 aliphatic rings. The van der Waals surface area contributed by atoms with Crippen LogP contribution in [0, 0.1) is 0 Å². The Labute approximate surface area is 162 Å². The molecule has 1 heterocycles. The predicted molar refractivity (Wildman–Crippen MR) is 107 cm³/mol. The highest BCUT2D eigenvalue weighted by molar-refractivity contribution is 7.18. The quantitative estimate of drug-likeness (QED) is 0.597. The first-order chi connectivity index (χ1) is 13.1. The maximum absolute atomic E-state index is 11.9. The molecule has 0 spiro atoms. The first-order valence-electron chi connectivity index (χ1n) is 8.96. The standard InChI is InChI=1S/C21H22N2O3S/c1-15(16-8-3-2-4-9-16)22-19(24)14-26-21(25)13-7-12-20-23-17-10-5-6-11-18(17)27-20/h2-6,8-11,15H,7,12-14H2,1H3,(H,22,24)/t15-/m1/s1. The van der Waals surface area contributed by atoms with E-state index in [-0.39, 0.29) is 30.9 Å². The molecule has 0 aliphatic carbocycles. The normalized spacial score (nSPS) is 11.9. The fourth-order valence-corrected chi connectivity index (χ4v) is 3.75. The smallest absolute Gasteiger partial charge is 0.306 e. The SMILES string of the molecule is C[C@@H](NC(=O)COC(=O)CCCc1nc2ccccc2s1)c1ccccc1. The third-order valence-electron chi connectivity index (χ3n) is 4.15. The van der Waals surface area contributed by atoms with Crippen molar-refractivity contribution in [3.8, 4) is 0 Å². The van der Waals surface area contributed by atoms with Gasteiger partial charge in [0.25, 0.3) is 5.91 Å². The van der Waals surface area contributed by atoms with Crippen LogP contribution in [0.3, 0.4) is 0 Å². The number of nitrogens with zero attached hydrogens (tertiary/aromatic N) is 1. The molecule has 5 nitrogen and oxygen atoms in total. The average Bonchev–Trinajstić information content (AvgIpc) is 3.10. The number of esters is 1. The molecule has 1 amide bonds. The summed E-state index contributed by atoms with van der Waals surface area (Å²) in [7, 11) is 0. The molecule has 1 atom stereocenters. The van der Waals surface area contributed by atoms with Crippen LogP contribution in [0.4, 0.5) is 0 Å². The van der Waals surface area contributed by atoms with Gasteiger partial charge >= 0.3 is 5.97 Å². The molecule has 2 aromatic carbocycles. The Morgan fingerprint density at radius 2 is 1.85 bits per heavy atom. The number of fused-ring (bicyclic) bond motifs is 1. The Bertz CT molecular complexity index is 875. The second-order valence-corrected chi connectivity index (χ2v) is 7.40. The van der Waals surface area contributed by atoms with Gasteiger partial charge in [-0.05, 0) is 37.5 Å². The molecule has 6 heteroatoms. The molecule has 0 aliphatic heterocycles. The third-order valence-corrected chi connectivity index (χ3v) is 5.25. The van der Waals surface area contributed by atoms with Crippen LogP contribution < -0.4 is 5.32 Å². The van der Waals surface area contributed by atoms with E-state index in [1.807, 2.05) is 61.5 Å². The average molecular weight is 382 g/mol. The minimum absolute atomic E-state index is 0.128. The highest BCUT2D eigenvalue weighted by atomic mass is 32.1. The number of hydrogen-bond donors (Lipinski definition) is 1. The lowest BCUT2D eigenvalue weighted by molar-refractivity contribution is -0.148. The lowest BCUT2D eigenvalue weighted by Crippen LogP contribution is -2.31. The van der Waals surface area contributed by atoms with Crippen molar-refractivity contribution in [1.29, 1.82) is 0 Å². The Morgan fingerprint density at radius 1 is 1.11 bits per heavy atom. The zero-order valence-electron chi connectivity index (χ0n) is 15.2. The molecule has 1 N–H and O–H groups in total. The van der Waals surface area contributed by atoms with Gasteiger partial charge in [0.2, 0.25) is 0 Å². The van der Waals surface area contributed by atoms with Crippen molar-refractivity contribution in [3.05, 3.63) is 65.2 Å². The molecular formula is C21H22N2O3S. The van der Waals surface area contributed by atoms with Crippen molar-refractivity contribution in [1.82, 2.24) is 10.3 Å². The molecule has 1 aromatic heterocycles. The largest absolute Gasteiger partial charge is 0.456 e. The summed E-state index contributed by atoms with van der Waals surface area (Å²) in [4.78, 5) is 28.3. The van der Waals surface area contributed by atoms with Gasteiger partial charge in [0.05, 0.1) is 21.3 Å². The van der Waals surface area contributed by atoms with E-state index in [9.17, 15) is 9.59 Å². The van der Waals surface area contributed by atoms with Gasteiger partial charge in [-0.25, -0.2) is 4.98 Å². The van der Waals surface area contributed by atoms with Crippen LogP contribution >= 0.6 is 11.3 Å². The van der Waals surface area contributed by atoms with E-state index in [1.54, 1.807) is 11.3 Å². The molecule has 0 unspecified atom stereocenters. The number of hydrogen-bond acceptors (Lipinski definition) is 5. The van der Waals surface area contributed by atoms with Crippen molar-refractivity contribution < 1.29 is 14.3 Å². The maximum atomic E-state index is 11.9. The van der Waals surface area contributed by atoms with Gasteiger partial charge in [0.1, 0.15) is 0 Å². The lowest BCUT2D eigenvalue weighted by atomic mass is 10.1. The summed E-state index contributed by atoms with van der Waals surface area (Å²) in [6.07, 6.45) is 1.66. The topological polar surface area (TPSA) is 68.3 Å². The number of carbonyl (C=O) groups excluding carboxylic acids is 2. The van der Waals surface area contributed by atoms with E-state index in [0.717, 1.165) is 27.2 Å². The van der Waals surface area contributed by atoms with Gasteiger partial charge in [-0.3, -0.25) is 9.59 Å². The Balaban J connectivity index is 1.36. The summed E-state index contributed by atoms with van der Waals surface area (Å²) in [6.45, 7) is 1.64. The molecule has 0 saturated heterocycles. The van der Waals surface area contributed by atoms with Crippen LogP contribution in [0.2, 0.25) is 0 Å². The number of rotatable bonds is 8. The first kappa shape index (κ1) is 19.0. The van der Waals surface area contributed by atoms with Crippen LogP contribution in [0.15, 0.2) is 54.6 Å². The van der Waals surface area contributed by atoms with Crippen molar-refractivity contribution in [2.24, 2.45) is 0 Å². The summed E-state index contributed by atoms with van der Waals surface area (Å²) < 4.78 is 6.22. The summed E-state index contributed by atoms with van der Waals surface area (Å²) in [6, 6.07) is 17.5. The highest BCUT2D eigenvalue weighted by Gasteiger charge is 2.12. The van der Waals surface area contributed by atoms with Gasteiger partial charge in [-0.2, -0.15) is 0 Å². The van der Waals surface area contributed by atoms with Crippen molar-refractivity contribution in [2.75, 3.05) is 6.61 Å². The Hall–Kier alpha value is -2.73. The molecule has 3 aromatic rings. The molecule has 0 saturated carbocycles. The van der Waals surface area contributed by atoms with Crippen LogP contribution in [-0.2, 0) is 20.7 Å². The fraction of sp³-hybridized carbons (Fsp3) is 0.286. The zero-order valence-corrected chi connectivity index (χ0v) is 16.0. The molecule has 140 valence electrons. The minimum Gasteiger partial charge on any atom is -0.456 e. The van der Waals surface area contributed by atoms with Crippen molar-refractivity contribution in [2.45, 2.75) is 32.2 Å². The number of para-hydroxylation sites is 1. The summed E-state index contributed by atoms with van der Waals surface area (Å²) >= 11 is 1.64. The summed E-state index contributed by atoms with van der Waals surface area (Å²) in [5.41, 5.74) is 2.00. The van der Waals surface area contributed by atoms with Crippen LogP contribution in [0.1, 0.15) is 36.4 Å². The van der Waals surface area contributed by atoms with Crippen LogP contribution in [-0.4, -0.2) is 23.5 Å². The second kappa shape index (κ2) is 9.28. The maximum Gasteiger partial charge on any atom is 0.306 e. The van der Waals surface area contributed by atoms with E-state index in [4.69, 9.17) is 4.74 Å². The number of ether oxygens (including phenoxy) is 1. The first-order valence-corrected chi connectivity index (χ1v) is 9.78. The number of carbonyl (C=O) groups is 2. The van der Waals surface area contributed by atoms with Gasteiger partial charge in [-0.15, -0.1) is 11.3 Å².